The highest BCUT2D eigenvalue weighted by Crippen LogP contribution is 2.15. The highest BCUT2D eigenvalue weighted by Gasteiger charge is 2.20. The van der Waals surface area contributed by atoms with Crippen LogP contribution in [0.1, 0.15) is 36.4 Å². The molecule has 0 atom stereocenters. The summed E-state index contributed by atoms with van der Waals surface area (Å²) in [5, 5.41) is 11.4. The fraction of sp³-hybridized carbons (Fsp3) is 0.600. The Labute approximate surface area is 140 Å². The van der Waals surface area contributed by atoms with Crippen molar-refractivity contribution in [2.75, 3.05) is 13.7 Å². The number of rotatable bonds is 7. The van der Waals surface area contributed by atoms with Crippen molar-refractivity contribution in [3.63, 3.8) is 0 Å². The second-order valence-corrected chi connectivity index (χ2v) is 5.73. The Bertz CT molecular complexity index is 695. The standard InChI is InChI=1S/C15H22N6O3/c1-3-14(22)16-7-11-6-12-8-20(4-5-21(12)18-11)9-13-17-15(10-23-2)24-19-13/h6H,3-5,7-10H2,1-2H3,(H,16,22). The molecule has 0 bridgehead atoms. The van der Waals surface area contributed by atoms with Gasteiger partial charge in [0, 0.05) is 26.6 Å². The lowest BCUT2D eigenvalue weighted by Gasteiger charge is -2.26. The van der Waals surface area contributed by atoms with Gasteiger partial charge in [-0.25, -0.2) is 0 Å². The largest absolute Gasteiger partial charge is 0.375 e. The molecule has 0 spiro atoms. The summed E-state index contributed by atoms with van der Waals surface area (Å²) in [7, 11) is 1.59. The maximum atomic E-state index is 11.3. The number of aromatic nitrogens is 4. The molecular formula is C15H22N6O3. The average Bonchev–Trinajstić information content (AvgIpc) is 3.19. The number of carbonyl (C=O) groups is 1. The predicted octanol–water partition coefficient (Wildman–Crippen LogP) is 0.454. The molecular weight excluding hydrogens is 312 g/mol. The van der Waals surface area contributed by atoms with Crippen LogP contribution in [0.25, 0.3) is 0 Å². The van der Waals surface area contributed by atoms with Crippen LogP contribution in [0.3, 0.4) is 0 Å². The van der Waals surface area contributed by atoms with Crippen LogP contribution in [0, 0.1) is 0 Å². The monoisotopic (exact) mass is 334 g/mol. The molecule has 0 fully saturated rings. The van der Waals surface area contributed by atoms with E-state index in [2.05, 4.69) is 25.5 Å². The van der Waals surface area contributed by atoms with Gasteiger partial charge < -0.3 is 14.6 Å². The minimum absolute atomic E-state index is 0.0339. The summed E-state index contributed by atoms with van der Waals surface area (Å²) in [6.45, 7) is 5.69. The zero-order valence-corrected chi connectivity index (χ0v) is 14.0. The van der Waals surface area contributed by atoms with Crippen molar-refractivity contribution in [2.45, 2.75) is 46.1 Å². The van der Waals surface area contributed by atoms with E-state index in [1.54, 1.807) is 7.11 Å². The summed E-state index contributed by atoms with van der Waals surface area (Å²) in [4.78, 5) is 17.9. The molecule has 3 heterocycles. The normalized spacial score (nSPS) is 14.6. The Morgan fingerprint density at radius 3 is 3.12 bits per heavy atom. The zero-order chi connectivity index (χ0) is 16.9. The van der Waals surface area contributed by atoms with Crippen LogP contribution in [0.15, 0.2) is 10.6 Å². The second kappa shape index (κ2) is 7.54. The van der Waals surface area contributed by atoms with Gasteiger partial charge >= 0.3 is 0 Å². The van der Waals surface area contributed by atoms with E-state index in [-0.39, 0.29) is 5.91 Å². The summed E-state index contributed by atoms with van der Waals surface area (Å²) in [6.07, 6.45) is 0.483. The van der Waals surface area contributed by atoms with Gasteiger partial charge in [-0.05, 0) is 6.07 Å². The molecule has 1 N–H and O–H groups in total. The number of hydrogen-bond donors (Lipinski definition) is 1. The molecule has 9 nitrogen and oxygen atoms in total. The van der Waals surface area contributed by atoms with E-state index in [9.17, 15) is 4.79 Å². The molecule has 3 rings (SSSR count). The van der Waals surface area contributed by atoms with E-state index in [0.29, 0.717) is 37.8 Å². The van der Waals surface area contributed by atoms with E-state index in [1.165, 1.54) is 0 Å². The molecule has 24 heavy (non-hydrogen) atoms. The number of hydrogen-bond acceptors (Lipinski definition) is 7. The van der Waals surface area contributed by atoms with E-state index >= 15 is 0 Å². The Morgan fingerprint density at radius 1 is 1.46 bits per heavy atom. The first-order valence-electron chi connectivity index (χ1n) is 8.03. The lowest BCUT2D eigenvalue weighted by Crippen LogP contribution is -2.33. The Hall–Kier alpha value is -2.26. The second-order valence-electron chi connectivity index (χ2n) is 5.73. The third-order valence-corrected chi connectivity index (χ3v) is 3.86. The summed E-state index contributed by atoms with van der Waals surface area (Å²) < 4.78 is 12.1. The summed E-state index contributed by atoms with van der Waals surface area (Å²) in [5.74, 6) is 1.18. The zero-order valence-electron chi connectivity index (χ0n) is 14.0. The third kappa shape index (κ3) is 3.98. The number of fused-ring (bicyclic) bond motifs is 1. The number of amides is 1. The van der Waals surface area contributed by atoms with Gasteiger partial charge in [-0.1, -0.05) is 12.1 Å². The topological polar surface area (TPSA) is 98.3 Å². The third-order valence-electron chi connectivity index (χ3n) is 3.86. The lowest BCUT2D eigenvalue weighted by atomic mass is 10.2. The van der Waals surface area contributed by atoms with Gasteiger partial charge in [0.05, 0.1) is 31.0 Å². The van der Waals surface area contributed by atoms with E-state index < -0.39 is 0 Å². The van der Waals surface area contributed by atoms with E-state index in [0.717, 1.165) is 31.0 Å². The molecule has 1 amide bonds. The molecule has 1 aliphatic heterocycles. The number of ether oxygens (including phenoxy) is 1. The van der Waals surface area contributed by atoms with Gasteiger partial charge in [-0.3, -0.25) is 14.4 Å². The van der Waals surface area contributed by atoms with Crippen LogP contribution in [-0.2, 0) is 42.3 Å². The number of methoxy groups -OCH3 is 1. The van der Waals surface area contributed by atoms with Crippen molar-refractivity contribution in [2.24, 2.45) is 0 Å². The molecule has 130 valence electrons. The Kier molecular flexibility index (Phi) is 5.21. The number of carbonyl (C=O) groups excluding carboxylic acids is 1. The summed E-state index contributed by atoms with van der Waals surface area (Å²) in [6, 6.07) is 2.04. The predicted molar refractivity (Wildman–Crippen MR) is 83.5 cm³/mol. The molecule has 0 aliphatic carbocycles. The maximum absolute atomic E-state index is 11.3. The fourth-order valence-electron chi connectivity index (χ4n) is 2.65. The van der Waals surface area contributed by atoms with Crippen LogP contribution in [-0.4, -0.2) is 44.4 Å². The van der Waals surface area contributed by atoms with Gasteiger partial charge in [-0.2, -0.15) is 10.1 Å². The van der Waals surface area contributed by atoms with E-state index in [4.69, 9.17) is 9.26 Å². The van der Waals surface area contributed by atoms with Crippen LogP contribution in [0.2, 0.25) is 0 Å². The van der Waals surface area contributed by atoms with Crippen molar-refractivity contribution in [3.8, 4) is 0 Å². The Balaban J connectivity index is 1.57. The lowest BCUT2D eigenvalue weighted by molar-refractivity contribution is -0.120. The first kappa shape index (κ1) is 16.6. The highest BCUT2D eigenvalue weighted by atomic mass is 16.5. The Morgan fingerprint density at radius 2 is 2.33 bits per heavy atom. The minimum Gasteiger partial charge on any atom is -0.375 e. The first-order valence-corrected chi connectivity index (χ1v) is 8.03. The smallest absolute Gasteiger partial charge is 0.252 e. The number of nitrogens with one attached hydrogen (secondary N) is 1. The van der Waals surface area contributed by atoms with Gasteiger partial charge in [0.25, 0.3) is 5.89 Å². The fourth-order valence-corrected chi connectivity index (χ4v) is 2.65. The van der Waals surface area contributed by atoms with Crippen molar-refractivity contribution in [1.82, 2.24) is 30.1 Å². The highest BCUT2D eigenvalue weighted by molar-refractivity contribution is 5.75. The van der Waals surface area contributed by atoms with Gasteiger partial charge in [0.2, 0.25) is 5.91 Å². The molecule has 2 aromatic rings. The van der Waals surface area contributed by atoms with Crippen LogP contribution < -0.4 is 5.32 Å². The van der Waals surface area contributed by atoms with Gasteiger partial charge in [-0.15, -0.1) is 0 Å². The minimum atomic E-state index is 0.0339. The molecule has 0 aromatic carbocycles. The van der Waals surface area contributed by atoms with Crippen molar-refractivity contribution >= 4 is 5.91 Å². The van der Waals surface area contributed by atoms with Crippen LogP contribution in [0.4, 0.5) is 0 Å². The van der Waals surface area contributed by atoms with Crippen molar-refractivity contribution < 1.29 is 14.1 Å². The molecule has 1 aliphatic rings. The van der Waals surface area contributed by atoms with Crippen LogP contribution in [0.5, 0.6) is 0 Å². The van der Waals surface area contributed by atoms with Crippen molar-refractivity contribution in [1.29, 1.82) is 0 Å². The molecule has 9 heteroatoms. The molecule has 0 saturated heterocycles. The maximum Gasteiger partial charge on any atom is 0.252 e. The summed E-state index contributed by atoms with van der Waals surface area (Å²) >= 11 is 0. The quantitative estimate of drug-likeness (QED) is 0.785. The van der Waals surface area contributed by atoms with Crippen molar-refractivity contribution in [3.05, 3.63) is 29.2 Å². The molecule has 0 radical (unpaired) electrons. The molecule has 0 unspecified atom stereocenters. The van der Waals surface area contributed by atoms with E-state index in [1.807, 2.05) is 17.7 Å². The van der Waals surface area contributed by atoms with Gasteiger partial charge in [0.15, 0.2) is 5.82 Å². The first-order chi connectivity index (χ1) is 11.7. The summed E-state index contributed by atoms with van der Waals surface area (Å²) in [5.41, 5.74) is 2.01. The SMILES string of the molecule is CCC(=O)NCc1cc2n(n1)CCN(Cc1noc(COC)n1)C2. The molecule has 0 saturated carbocycles. The van der Waals surface area contributed by atoms with Gasteiger partial charge in [0.1, 0.15) is 6.61 Å². The number of nitrogens with zero attached hydrogens (tertiary/aromatic N) is 5. The van der Waals surface area contributed by atoms with Crippen LogP contribution >= 0.6 is 0 Å². The average molecular weight is 334 g/mol. The molecule has 2 aromatic heterocycles.